The number of hydrogen-bond acceptors (Lipinski definition) is 4. The normalized spacial score (nSPS) is 23.5. The van der Waals surface area contributed by atoms with Crippen LogP contribution < -0.4 is 11.1 Å². The Hall–Kier alpha value is -0.810. The van der Waals surface area contributed by atoms with E-state index in [4.69, 9.17) is 15.7 Å². The fraction of sp³-hybridized carbons (Fsp3) is 0.929. The Kier molecular flexibility index (Phi) is 7.16. The number of ether oxygens (including phenoxy) is 1. The summed E-state index contributed by atoms with van der Waals surface area (Å²) in [6.07, 6.45) is 7.07. The van der Waals surface area contributed by atoms with Crippen molar-refractivity contribution in [2.24, 2.45) is 10.9 Å². The van der Waals surface area contributed by atoms with E-state index >= 15 is 0 Å². The van der Waals surface area contributed by atoms with Crippen molar-refractivity contribution in [2.75, 3.05) is 13.2 Å². The third-order valence-electron chi connectivity index (χ3n) is 4.20. The lowest BCUT2D eigenvalue weighted by Gasteiger charge is -2.40. The lowest BCUT2D eigenvalue weighted by Crippen LogP contribution is -2.46. The summed E-state index contributed by atoms with van der Waals surface area (Å²) in [6.45, 7) is 6.28. The molecule has 19 heavy (non-hydrogen) atoms. The van der Waals surface area contributed by atoms with Crippen LogP contribution in [0.3, 0.4) is 0 Å². The molecular weight excluding hydrogens is 242 g/mol. The van der Waals surface area contributed by atoms with Crippen LogP contribution in [0.1, 0.15) is 58.8 Å². The predicted molar refractivity (Wildman–Crippen MR) is 77.5 cm³/mol. The topological polar surface area (TPSA) is 79.9 Å². The summed E-state index contributed by atoms with van der Waals surface area (Å²) in [6, 6.07) is 0.567. The van der Waals surface area contributed by atoms with Gasteiger partial charge in [-0.3, -0.25) is 0 Å². The fourth-order valence-corrected chi connectivity index (χ4v) is 2.73. The highest BCUT2D eigenvalue weighted by atomic mass is 16.5. The molecule has 0 spiro atoms. The van der Waals surface area contributed by atoms with E-state index in [-0.39, 0.29) is 5.60 Å². The van der Waals surface area contributed by atoms with Crippen LogP contribution in [0.5, 0.6) is 0 Å². The van der Waals surface area contributed by atoms with Crippen molar-refractivity contribution in [3.05, 3.63) is 0 Å². The van der Waals surface area contributed by atoms with Crippen LogP contribution >= 0.6 is 0 Å². The molecular formula is C14H29N3O2. The Morgan fingerprint density at radius 1 is 1.42 bits per heavy atom. The van der Waals surface area contributed by atoms with Gasteiger partial charge in [0.25, 0.3) is 0 Å². The largest absolute Gasteiger partial charge is 0.409 e. The van der Waals surface area contributed by atoms with Gasteiger partial charge in [-0.1, -0.05) is 19.0 Å². The third kappa shape index (κ3) is 5.37. The van der Waals surface area contributed by atoms with E-state index in [0.29, 0.717) is 18.3 Å². The number of nitrogens with one attached hydrogen (secondary N) is 1. The molecule has 0 aromatic carbocycles. The lowest BCUT2D eigenvalue weighted by atomic mass is 9.86. The highest BCUT2D eigenvalue weighted by Gasteiger charge is 2.33. The van der Waals surface area contributed by atoms with Gasteiger partial charge in [0.05, 0.1) is 5.60 Å². The zero-order valence-electron chi connectivity index (χ0n) is 12.3. The maximum Gasteiger partial charge on any atom is 0.139 e. The molecule has 0 radical (unpaired) electrons. The summed E-state index contributed by atoms with van der Waals surface area (Å²) in [5.74, 6) is 0.321. The van der Waals surface area contributed by atoms with Crippen molar-refractivity contribution in [2.45, 2.75) is 70.4 Å². The van der Waals surface area contributed by atoms with Gasteiger partial charge in [0.2, 0.25) is 0 Å². The summed E-state index contributed by atoms with van der Waals surface area (Å²) in [5.41, 5.74) is 5.52. The van der Waals surface area contributed by atoms with Crippen LogP contribution in [0.15, 0.2) is 5.16 Å². The van der Waals surface area contributed by atoms with Crippen molar-refractivity contribution < 1.29 is 9.94 Å². The minimum Gasteiger partial charge on any atom is -0.409 e. The van der Waals surface area contributed by atoms with Crippen LogP contribution in [0.4, 0.5) is 0 Å². The van der Waals surface area contributed by atoms with Gasteiger partial charge in [-0.15, -0.1) is 0 Å². The first-order valence-electron chi connectivity index (χ1n) is 7.49. The zero-order valence-corrected chi connectivity index (χ0v) is 12.3. The van der Waals surface area contributed by atoms with Crippen molar-refractivity contribution >= 4 is 5.84 Å². The molecule has 1 aliphatic heterocycles. The van der Waals surface area contributed by atoms with Crippen LogP contribution in [-0.4, -0.2) is 35.8 Å². The van der Waals surface area contributed by atoms with E-state index < -0.39 is 0 Å². The molecule has 0 aromatic heterocycles. The van der Waals surface area contributed by atoms with Crippen molar-refractivity contribution in [1.82, 2.24) is 5.32 Å². The number of rotatable bonds is 8. The third-order valence-corrected chi connectivity index (χ3v) is 4.20. The SMILES string of the molecule is CCC1(CC)CC(NCCCCC(N)=NO)CCO1. The standard InChI is InChI=1S/C14H29N3O2/c1-3-14(4-2)11-12(8-10-19-14)16-9-6-5-7-13(15)17-18/h12,16,18H,3-11H2,1-2H3,(H2,15,17). The number of nitrogens with two attached hydrogens (primary N) is 1. The Labute approximate surface area is 116 Å². The first kappa shape index (κ1) is 16.2. The molecule has 1 unspecified atom stereocenters. The molecule has 0 amide bonds. The molecule has 1 aliphatic rings. The van der Waals surface area contributed by atoms with Gasteiger partial charge in [-0.05, 0) is 45.1 Å². The van der Waals surface area contributed by atoms with E-state index in [1.807, 2.05) is 0 Å². The quantitative estimate of drug-likeness (QED) is 0.208. The van der Waals surface area contributed by atoms with E-state index in [2.05, 4.69) is 24.3 Å². The second-order valence-electron chi connectivity index (χ2n) is 5.43. The van der Waals surface area contributed by atoms with E-state index in [1.165, 1.54) is 0 Å². The summed E-state index contributed by atoms with van der Waals surface area (Å²) in [5, 5.41) is 15.0. The molecule has 112 valence electrons. The molecule has 1 rings (SSSR count). The first-order chi connectivity index (χ1) is 9.15. The van der Waals surface area contributed by atoms with Gasteiger partial charge >= 0.3 is 0 Å². The molecule has 0 saturated carbocycles. The molecule has 5 nitrogen and oxygen atoms in total. The molecule has 0 aliphatic carbocycles. The van der Waals surface area contributed by atoms with Gasteiger partial charge in [0.15, 0.2) is 0 Å². The second-order valence-corrected chi connectivity index (χ2v) is 5.43. The monoisotopic (exact) mass is 271 g/mol. The first-order valence-corrected chi connectivity index (χ1v) is 7.49. The Bertz CT molecular complexity index is 278. The maximum atomic E-state index is 8.44. The summed E-state index contributed by atoms with van der Waals surface area (Å²) >= 11 is 0. The minimum absolute atomic E-state index is 0.0872. The Morgan fingerprint density at radius 2 is 2.16 bits per heavy atom. The second kappa shape index (κ2) is 8.38. The smallest absolute Gasteiger partial charge is 0.139 e. The molecule has 4 N–H and O–H groups in total. The fourth-order valence-electron chi connectivity index (χ4n) is 2.73. The lowest BCUT2D eigenvalue weighted by molar-refractivity contribution is -0.0929. The Morgan fingerprint density at radius 3 is 2.79 bits per heavy atom. The highest BCUT2D eigenvalue weighted by Crippen LogP contribution is 2.31. The summed E-state index contributed by atoms with van der Waals surface area (Å²) in [7, 11) is 0. The van der Waals surface area contributed by atoms with Gasteiger partial charge in [-0.2, -0.15) is 0 Å². The van der Waals surface area contributed by atoms with Gasteiger partial charge in [0.1, 0.15) is 5.84 Å². The van der Waals surface area contributed by atoms with Gasteiger partial charge in [0, 0.05) is 19.1 Å². The number of oxime groups is 1. The predicted octanol–water partition coefficient (Wildman–Crippen LogP) is 2.23. The summed E-state index contributed by atoms with van der Waals surface area (Å²) < 4.78 is 5.97. The van der Waals surface area contributed by atoms with Crippen molar-refractivity contribution in [3.63, 3.8) is 0 Å². The average Bonchev–Trinajstić information content (AvgIpc) is 2.46. The molecule has 1 heterocycles. The minimum atomic E-state index is 0.0872. The molecule has 1 saturated heterocycles. The zero-order chi connectivity index (χ0) is 14.1. The van der Waals surface area contributed by atoms with E-state index in [0.717, 1.165) is 51.7 Å². The van der Waals surface area contributed by atoms with Crippen LogP contribution in [0.25, 0.3) is 0 Å². The molecule has 1 atom stereocenters. The van der Waals surface area contributed by atoms with E-state index in [1.54, 1.807) is 0 Å². The highest BCUT2D eigenvalue weighted by molar-refractivity contribution is 5.79. The van der Waals surface area contributed by atoms with Crippen LogP contribution in [-0.2, 0) is 4.74 Å². The van der Waals surface area contributed by atoms with Gasteiger partial charge in [-0.25, -0.2) is 0 Å². The molecule has 1 fully saturated rings. The van der Waals surface area contributed by atoms with Crippen LogP contribution in [0.2, 0.25) is 0 Å². The number of amidine groups is 1. The van der Waals surface area contributed by atoms with Crippen molar-refractivity contribution in [1.29, 1.82) is 0 Å². The van der Waals surface area contributed by atoms with Crippen LogP contribution in [0, 0.1) is 0 Å². The van der Waals surface area contributed by atoms with E-state index in [9.17, 15) is 0 Å². The number of nitrogens with zero attached hydrogens (tertiary/aromatic N) is 1. The van der Waals surface area contributed by atoms with Crippen molar-refractivity contribution in [3.8, 4) is 0 Å². The molecule has 0 aromatic rings. The summed E-state index contributed by atoms with van der Waals surface area (Å²) in [4.78, 5) is 0. The van der Waals surface area contributed by atoms with Gasteiger partial charge < -0.3 is 21.0 Å². The Balaban J connectivity index is 2.19. The maximum absolute atomic E-state index is 8.44. The average molecular weight is 271 g/mol. The molecule has 5 heteroatoms. The number of unbranched alkanes of at least 4 members (excludes halogenated alkanes) is 1. The molecule has 0 bridgehead atoms. The number of hydrogen-bond donors (Lipinski definition) is 3.